The van der Waals surface area contributed by atoms with E-state index in [1.807, 2.05) is 61.5 Å². The number of carbonyl (C=O) groups excluding carboxylic acids is 1. The molecule has 4 aromatic rings. The van der Waals surface area contributed by atoms with Gasteiger partial charge in [0.25, 0.3) is 0 Å². The number of carbonyl (C=O) groups is 1. The predicted octanol–water partition coefficient (Wildman–Crippen LogP) is 4.95. The Balaban J connectivity index is 1.98. The molecular weight excluding hydrogens is 407 g/mol. The highest BCUT2D eigenvalue weighted by molar-refractivity contribution is 6.08. The van der Waals surface area contributed by atoms with E-state index < -0.39 is 5.41 Å². The molecule has 7 heteroatoms. The number of para-hydroxylation sites is 1. The van der Waals surface area contributed by atoms with Gasteiger partial charge in [-0.3, -0.25) is 14.7 Å². The van der Waals surface area contributed by atoms with E-state index in [4.69, 9.17) is 4.52 Å². The second kappa shape index (κ2) is 8.63. The highest BCUT2D eigenvalue weighted by Crippen LogP contribution is 2.41. The molecule has 6 nitrogen and oxygen atoms in total. The summed E-state index contributed by atoms with van der Waals surface area (Å²) in [6, 6.07) is 18.9. The molecule has 4 rings (SSSR count). The lowest BCUT2D eigenvalue weighted by Crippen LogP contribution is -2.45. The summed E-state index contributed by atoms with van der Waals surface area (Å²) in [4.78, 5) is 22.5. The normalized spacial score (nSPS) is 12.8. The number of hydrogen-bond acceptors (Lipinski definition) is 5. The summed E-state index contributed by atoms with van der Waals surface area (Å²) in [6.07, 6.45) is 4.56. The average Bonchev–Trinajstić information content (AvgIpc) is 3.34. The summed E-state index contributed by atoms with van der Waals surface area (Å²) in [6.45, 7) is 1.81. The molecular formula is C25H23FN4O2. The summed E-state index contributed by atoms with van der Waals surface area (Å²) < 4.78 is 18.8. The number of amides is 1. The van der Waals surface area contributed by atoms with Crippen molar-refractivity contribution in [3.63, 3.8) is 0 Å². The van der Waals surface area contributed by atoms with Crippen LogP contribution in [-0.2, 0) is 10.2 Å². The van der Waals surface area contributed by atoms with Crippen LogP contribution in [0.25, 0.3) is 0 Å². The number of pyridine rings is 1. The lowest BCUT2D eigenvalue weighted by molar-refractivity contribution is -0.121. The molecule has 1 amide bonds. The number of nitrogens with zero attached hydrogens (tertiary/aromatic N) is 4. The van der Waals surface area contributed by atoms with E-state index in [0.29, 0.717) is 22.6 Å². The van der Waals surface area contributed by atoms with Gasteiger partial charge in [-0.1, -0.05) is 35.5 Å². The molecule has 0 aliphatic heterocycles. The van der Waals surface area contributed by atoms with Crippen LogP contribution in [-0.4, -0.2) is 30.1 Å². The fourth-order valence-electron chi connectivity index (χ4n) is 3.78. The van der Waals surface area contributed by atoms with Crippen LogP contribution in [0.1, 0.15) is 18.2 Å². The zero-order valence-corrected chi connectivity index (χ0v) is 18.1. The van der Waals surface area contributed by atoms with Crippen molar-refractivity contribution >= 4 is 23.0 Å². The smallest absolute Gasteiger partial charge is 0.248 e. The minimum absolute atomic E-state index is 0.277. The molecule has 1 atom stereocenters. The van der Waals surface area contributed by atoms with Gasteiger partial charge in [0, 0.05) is 26.0 Å². The molecule has 2 heterocycles. The van der Waals surface area contributed by atoms with Crippen LogP contribution in [0.5, 0.6) is 0 Å². The van der Waals surface area contributed by atoms with Crippen molar-refractivity contribution in [3.8, 4) is 0 Å². The number of halogens is 1. The SMILES string of the molecule is CN(C)c1cccnc1C(C)(C(=O)N(c1ccccc1)c1cnoc1)c1ccc(F)cc1. The van der Waals surface area contributed by atoms with Crippen molar-refractivity contribution in [2.75, 3.05) is 23.9 Å². The van der Waals surface area contributed by atoms with E-state index in [1.54, 1.807) is 30.2 Å². The standard InChI is InChI=1S/C25H23FN4O2/c1-25(18-11-13-19(26)14-12-18,23-22(29(2)3)10-7-15-27-23)24(31)30(21-16-28-32-17-21)20-8-5-4-6-9-20/h4-17H,1-3H3. The second-order valence-corrected chi connectivity index (χ2v) is 7.76. The topological polar surface area (TPSA) is 62.5 Å². The third kappa shape index (κ3) is 3.73. The summed E-state index contributed by atoms with van der Waals surface area (Å²) in [7, 11) is 3.79. The highest BCUT2D eigenvalue weighted by Gasteiger charge is 2.44. The Bertz CT molecular complexity index is 1190. The third-order valence-corrected chi connectivity index (χ3v) is 5.49. The number of hydrogen-bond donors (Lipinski definition) is 0. The zero-order valence-electron chi connectivity index (χ0n) is 18.1. The van der Waals surface area contributed by atoms with Crippen LogP contribution in [0, 0.1) is 5.82 Å². The summed E-state index contributed by atoms with van der Waals surface area (Å²) in [5.41, 5.74) is 1.84. The van der Waals surface area contributed by atoms with E-state index in [0.717, 1.165) is 5.69 Å². The molecule has 32 heavy (non-hydrogen) atoms. The van der Waals surface area contributed by atoms with Gasteiger partial charge in [-0.05, 0) is 48.9 Å². The van der Waals surface area contributed by atoms with Gasteiger partial charge in [0.15, 0.2) is 0 Å². The van der Waals surface area contributed by atoms with Gasteiger partial charge in [0.05, 0.1) is 17.6 Å². The van der Waals surface area contributed by atoms with Crippen LogP contribution >= 0.6 is 0 Å². The number of aromatic nitrogens is 2. The van der Waals surface area contributed by atoms with Gasteiger partial charge in [0.1, 0.15) is 23.2 Å². The Kier molecular flexibility index (Phi) is 5.73. The van der Waals surface area contributed by atoms with Gasteiger partial charge in [-0.15, -0.1) is 0 Å². The molecule has 0 N–H and O–H groups in total. The first kappa shape index (κ1) is 21.2. The monoisotopic (exact) mass is 430 g/mol. The third-order valence-electron chi connectivity index (χ3n) is 5.49. The van der Waals surface area contributed by atoms with Crippen molar-refractivity contribution in [1.29, 1.82) is 0 Å². The molecule has 0 aliphatic carbocycles. The van der Waals surface area contributed by atoms with Gasteiger partial charge >= 0.3 is 0 Å². The van der Waals surface area contributed by atoms with E-state index in [9.17, 15) is 9.18 Å². The number of anilines is 3. The van der Waals surface area contributed by atoms with Crippen LogP contribution in [0.2, 0.25) is 0 Å². The minimum atomic E-state index is -1.25. The van der Waals surface area contributed by atoms with E-state index in [-0.39, 0.29) is 11.7 Å². The first-order valence-corrected chi connectivity index (χ1v) is 10.1. The lowest BCUT2D eigenvalue weighted by Gasteiger charge is -2.36. The maximum absolute atomic E-state index is 14.4. The molecule has 0 spiro atoms. The first-order valence-electron chi connectivity index (χ1n) is 10.1. The molecule has 0 bridgehead atoms. The first-order chi connectivity index (χ1) is 15.4. The molecule has 0 fully saturated rings. The van der Waals surface area contributed by atoms with Gasteiger partial charge < -0.3 is 9.42 Å². The summed E-state index contributed by atoms with van der Waals surface area (Å²) in [5, 5.41) is 3.79. The number of rotatable bonds is 6. The van der Waals surface area contributed by atoms with Crippen LogP contribution in [0.3, 0.4) is 0 Å². The number of benzene rings is 2. The quantitative estimate of drug-likeness (QED) is 0.433. The van der Waals surface area contributed by atoms with Crippen molar-refractivity contribution in [1.82, 2.24) is 10.1 Å². The van der Waals surface area contributed by atoms with Crippen LogP contribution in [0.15, 0.2) is 89.9 Å². The van der Waals surface area contributed by atoms with Crippen molar-refractivity contribution in [2.45, 2.75) is 12.3 Å². The maximum atomic E-state index is 14.4. The van der Waals surface area contributed by atoms with E-state index in [2.05, 4.69) is 10.1 Å². The average molecular weight is 430 g/mol. The van der Waals surface area contributed by atoms with Gasteiger partial charge in [0.2, 0.25) is 5.91 Å². The fraction of sp³-hybridized carbons (Fsp3) is 0.160. The van der Waals surface area contributed by atoms with E-state index in [1.165, 1.54) is 24.6 Å². The zero-order chi connectivity index (χ0) is 22.7. The molecule has 0 radical (unpaired) electrons. The predicted molar refractivity (Wildman–Crippen MR) is 122 cm³/mol. The maximum Gasteiger partial charge on any atom is 0.248 e. The van der Waals surface area contributed by atoms with Gasteiger partial charge in [-0.2, -0.15) is 0 Å². The van der Waals surface area contributed by atoms with Crippen molar-refractivity contribution in [2.24, 2.45) is 0 Å². The Hall–Kier alpha value is -4.00. The van der Waals surface area contributed by atoms with E-state index >= 15 is 0 Å². The Morgan fingerprint density at radius 3 is 2.31 bits per heavy atom. The Morgan fingerprint density at radius 2 is 1.69 bits per heavy atom. The second-order valence-electron chi connectivity index (χ2n) is 7.76. The molecule has 0 aliphatic rings. The van der Waals surface area contributed by atoms with Crippen LogP contribution < -0.4 is 9.80 Å². The molecule has 1 unspecified atom stereocenters. The molecule has 2 aromatic heterocycles. The van der Waals surface area contributed by atoms with Crippen molar-refractivity contribution in [3.05, 3.63) is 102 Å². The Labute approximate surface area is 185 Å². The molecule has 162 valence electrons. The van der Waals surface area contributed by atoms with Crippen molar-refractivity contribution < 1.29 is 13.7 Å². The Morgan fingerprint density at radius 1 is 0.969 bits per heavy atom. The molecule has 2 aromatic carbocycles. The molecule has 0 saturated carbocycles. The van der Waals surface area contributed by atoms with Crippen LogP contribution in [0.4, 0.5) is 21.5 Å². The fourth-order valence-corrected chi connectivity index (χ4v) is 3.78. The summed E-state index contributed by atoms with van der Waals surface area (Å²) in [5.74, 6) is -0.656. The summed E-state index contributed by atoms with van der Waals surface area (Å²) >= 11 is 0. The molecule has 0 saturated heterocycles. The highest BCUT2D eigenvalue weighted by atomic mass is 19.1. The van der Waals surface area contributed by atoms with Gasteiger partial charge in [-0.25, -0.2) is 4.39 Å². The minimum Gasteiger partial charge on any atom is -0.376 e. The largest absolute Gasteiger partial charge is 0.376 e. The lowest BCUT2D eigenvalue weighted by atomic mass is 9.76.